The molecule has 1 aromatic carbocycles. The van der Waals surface area contributed by atoms with Crippen molar-refractivity contribution in [2.75, 3.05) is 18.0 Å². The zero-order chi connectivity index (χ0) is 19.6. The van der Waals surface area contributed by atoms with Gasteiger partial charge in [0.15, 0.2) is 11.6 Å². The molecule has 1 aliphatic rings. The van der Waals surface area contributed by atoms with Gasteiger partial charge in [-0.25, -0.2) is 13.8 Å². The Morgan fingerprint density at radius 3 is 2.52 bits per heavy atom. The molecule has 0 bridgehead atoms. The van der Waals surface area contributed by atoms with E-state index >= 15 is 0 Å². The number of hydrogen-bond donors (Lipinski definition) is 1. The Hall–Kier alpha value is -3.36. The predicted molar refractivity (Wildman–Crippen MR) is 95.2 cm³/mol. The third kappa shape index (κ3) is 4.08. The summed E-state index contributed by atoms with van der Waals surface area (Å²) in [6, 6.07) is 4.84. The van der Waals surface area contributed by atoms with Gasteiger partial charge in [-0.2, -0.15) is 0 Å². The summed E-state index contributed by atoms with van der Waals surface area (Å²) in [5.74, 6) is -2.28. The zero-order valence-corrected chi connectivity index (χ0v) is 14.2. The molecule has 1 aliphatic heterocycles. The monoisotopic (exact) mass is 374 g/mol. The molecule has 1 fully saturated rings. The van der Waals surface area contributed by atoms with Crippen molar-refractivity contribution in [3.8, 4) is 0 Å². The third-order valence-corrected chi connectivity index (χ3v) is 4.35. The number of nitro groups is 1. The van der Waals surface area contributed by atoms with Gasteiger partial charge < -0.3 is 10.6 Å². The number of benzene rings is 1. The maximum Gasteiger partial charge on any atom is 0.288 e. The molecule has 9 heteroatoms. The lowest BCUT2D eigenvalue weighted by Gasteiger charge is -2.30. The largest absolute Gasteiger partial charge is 0.365 e. The summed E-state index contributed by atoms with van der Waals surface area (Å²) in [7, 11) is 0. The van der Waals surface area contributed by atoms with Crippen LogP contribution in [-0.2, 0) is 0 Å². The minimum atomic E-state index is -0.900. The second kappa shape index (κ2) is 7.48. The second-order valence-electron chi connectivity index (χ2n) is 6.15. The number of carbonyl (C=O) groups excluding carboxylic acids is 1. The summed E-state index contributed by atoms with van der Waals surface area (Å²) in [6.45, 7) is 1.03. The van der Waals surface area contributed by atoms with Gasteiger partial charge in [0.25, 0.3) is 11.6 Å². The highest BCUT2D eigenvalue weighted by Gasteiger charge is 2.23. The number of piperidine rings is 1. The molecule has 1 saturated heterocycles. The lowest BCUT2D eigenvalue weighted by molar-refractivity contribution is -0.385. The third-order valence-electron chi connectivity index (χ3n) is 4.35. The molecular formula is C18H16F2N4O3. The minimum absolute atomic E-state index is 0.00256. The highest BCUT2D eigenvalue weighted by atomic mass is 19.2. The van der Waals surface area contributed by atoms with Crippen molar-refractivity contribution >= 4 is 23.5 Å². The normalized spacial score (nSPS) is 14.1. The first-order valence-corrected chi connectivity index (χ1v) is 8.19. The molecule has 1 aromatic heterocycles. The van der Waals surface area contributed by atoms with Crippen molar-refractivity contribution in [3.63, 3.8) is 0 Å². The van der Waals surface area contributed by atoms with Gasteiger partial charge in [0, 0.05) is 19.2 Å². The Balaban J connectivity index is 1.77. The van der Waals surface area contributed by atoms with Crippen LogP contribution in [0.2, 0.25) is 0 Å². The van der Waals surface area contributed by atoms with Crippen molar-refractivity contribution in [1.82, 2.24) is 4.98 Å². The van der Waals surface area contributed by atoms with Crippen molar-refractivity contribution < 1.29 is 18.5 Å². The molecule has 2 N–H and O–H groups in total. The van der Waals surface area contributed by atoms with E-state index < -0.39 is 22.5 Å². The molecule has 140 valence electrons. The molecule has 7 nitrogen and oxygen atoms in total. The highest BCUT2D eigenvalue weighted by Crippen LogP contribution is 2.27. The number of rotatable bonds is 4. The number of carbonyl (C=O) groups is 1. The summed E-state index contributed by atoms with van der Waals surface area (Å²) in [5.41, 5.74) is 6.65. The van der Waals surface area contributed by atoms with Crippen molar-refractivity contribution in [2.45, 2.75) is 12.8 Å². The maximum atomic E-state index is 13.3. The Morgan fingerprint density at radius 1 is 1.22 bits per heavy atom. The van der Waals surface area contributed by atoms with E-state index in [4.69, 9.17) is 5.73 Å². The van der Waals surface area contributed by atoms with Crippen LogP contribution in [0.5, 0.6) is 0 Å². The fraction of sp³-hybridized carbons (Fsp3) is 0.222. The van der Waals surface area contributed by atoms with Crippen molar-refractivity contribution in [3.05, 3.63) is 68.9 Å². The SMILES string of the molecule is NC(=O)c1cc([N+](=O)[O-])cnc1N1CCC(=Cc2ccc(F)c(F)c2)CC1. The van der Waals surface area contributed by atoms with Gasteiger partial charge in [-0.15, -0.1) is 0 Å². The average Bonchev–Trinajstić information content (AvgIpc) is 2.65. The molecule has 2 heterocycles. The molecule has 1 amide bonds. The minimum Gasteiger partial charge on any atom is -0.365 e. The van der Waals surface area contributed by atoms with Crippen LogP contribution in [-0.4, -0.2) is 28.9 Å². The first-order chi connectivity index (χ1) is 12.8. The van der Waals surface area contributed by atoms with Gasteiger partial charge in [-0.05, 0) is 30.5 Å². The van der Waals surface area contributed by atoms with Crippen LogP contribution in [0.15, 0.2) is 36.0 Å². The molecule has 0 aliphatic carbocycles. The number of nitrogens with zero attached hydrogens (tertiary/aromatic N) is 3. The summed E-state index contributed by atoms with van der Waals surface area (Å²) in [4.78, 5) is 27.8. The molecule has 0 atom stereocenters. The summed E-state index contributed by atoms with van der Waals surface area (Å²) >= 11 is 0. The number of nitrogens with two attached hydrogens (primary N) is 1. The standard InChI is InChI=1S/C18H16F2N4O3/c19-15-2-1-12(8-16(15)20)7-11-3-5-23(6-4-11)18-14(17(21)25)9-13(10-22-18)24(26)27/h1-2,7-10H,3-6H2,(H2,21,25). The summed E-state index contributed by atoms with van der Waals surface area (Å²) in [6.07, 6.45) is 4.14. The number of pyridine rings is 1. The Morgan fingerprint density at radius 2 is 1.93 bits per heavy atom. The highest BCUT2D eigenvalue weighted by molar-refractivity contribution is 5.98. The number of primary amides is 1. The lowest BCUT2D eigenvalue weighted by Crippen LogP contribution is -2.33. The van der Waals surface area contributed by atoms with E-state index in [0.717, 1.165) is 30.0 Å². The fourth-order valence-electron chi connectivity index (χ4n) is 2.97. The van der Waals surface area contributed by atoms with Gasteiger partial charge >= 0.3 is 0 Å². The number of aromatic nitrogens is 1. The van der Waals surface area contributed by atoms with Gasteiger partial charge in [-0.3, -0.25) is 14.9 Å². The van der Waals surface area contributed by atoms with Gasteiger partial charge in [-0.1, -0.05) is 17.7 Å². The van der Waals surface area contributed by atoms with E-state index in [1.54, 1.807) is 6.08 Å². The second-order valence-corrected chi connectivity index (χ2v) is 6.15. The van der Waals surface area contributed by atoms with Crippen LogP contribution in [0.1, 0.15) is 28.8 Å². The molecule has 0 radical (unpaired) electrons. The quantitative estimate of drug-likeness (QED) is 0.654. The van der Waals surface area contributed by atoms with Crippen LogP contribution < -0.4 is 10.6 Å². The number of anilines is 1. The number of halogens is 2. The van der Waals surface area contributed by atoms with Gasteiger partial charge in [0.2, 0.25) is 0 Å². The summed E-state index contributed by atoms with van der Waals surface area (Å²) in [5, 5.41) is 10.9. The Labute approximate surface area is 153 Å². The molecule has 3 rings (SSSR count). The van der Waals surface area contributed by atoms with E-state index in [9.17, 15) is 23.7 Å². The first-order valence-electron chi connectivity index (χ1n) is 8.19. The number of hydrogen-bond acceptors (Lipinski definition) is 5. The molecule has 0 spiro atoms. The Kier molecular flexibility index (Phi) is 5.11. The van der Waals surface area contributed by atoms with Crippen molar-refractivity contribution in [2.24, 2.45) is 5.73 Å². The van der Waals surface area contributed by atoms with Crippen LogP contribution in [0.3, 0.4) is 0 Å². The van der Waals surface area contributed by atoms with Crippen LogP contribution in [0.4, 0.5) is 20.3 Å². The van der Waals surface area contributed by atoms with Crippen LogP contribution in [0.25, 0.3) is 6.08 Å². The smallest absolute Gasteiger partial charge is 0.288 e. The van der Waals surface area contributed by atoms with Gasteiger partial charge in [0.05, 0.1) is 10.5 Å². The first kappa shape index (κ1) is 18.4. The summed E-state index contributed by atoms with van der Waals surface area (Å²) < 4.78 is 26.3. The fourth-order valence-corrected chi connectivity index (χ4v) is 2.97. The molecular weight excluding hydrogens is 358 g/mol. The maximum absolute atomic E-state index is 13.3. The zero-order valence-electron chi connectivity index (χ0n) is 14.2. The van der Waals surface area contributed by atoms with E-state index in [1.807, 2.05) is 4.90 Å². The predicted octanol–water partition coefficient (Wildman–Crippen LogP) is 3.05. The molecule has 2 aromatic rings. The van der Waals surface area contributed by atoms with E-state index in [2.05, 4.69) is 4.98 Å². The Bertz CT molecular complexity index is 936. The van der Waals surface area contributed by atoms with Crippen LogP contribution >= 0.6 is 0 Å². The van der Waals surface area contributed by atoms with Gasteiger partial charge in [0.1, 0.15) is 12.0 Å². The van der Waals surface area contributed by atoms with Crippen molar-refractivity contribution in [1.29, 1.82) is 0 Å². The number of amides is 1. The van der Waals surface area contributed by atoms with E-state index in [-0.39, 0.29) is 11.3 Å². The lowest BCUT2D eigenvalue weighted by atomic mass is 10.0. The molecule has 0 unspecified atom stereocenters. The van der Waals surface area contributed by atoms with Crippen LogP contribution in [0, 0.1) is 21.7 Å². The van der Waals surface area contributed by atoms with E-state index in [1.165, 1.54) is 6.07 Å². The van der Waals surface area contributed by atoms with E-state index in [0.29, 0.717) is 37.3 Å². The topological polar surface area (TPSA) is 102 Å². The molecule has 0 saturated carbocycles. The average molecular weight is 374 g/mol. The molecule has 27 heavy (non-hydrogen) atoms.